The maximum absolute atomic E-state index is 12.2. The fourth-order valence-electron chi connectivity index (χ4n) is 1.98. The van der Waals surface area contributed by atoms with Gasteiger partial charge in [-0.1, -0.05) is 0 Å². The number of piperazine rings is 1. The number of pyridine rings is 1. The Morgan fingerprint density at radius 3 is 2.44 bits per heavy atom. The Morgan fingerprint density at radius 2 is 1.89 bits per heavy atom. The Balaban J connectivity index is 1.93. The van der Waals surface area contributed by atoms with Crippen LogP contribution in [0.4, 0.5) is 19.0 Å². The number of aromatic nitrogens is 1. The first-order valence-electron chi connectivity index (χ1n) is 5.60. The van der Waals surface area contributed by atoms with Gasteiger partial charge < -0.3 is 4.90 Å². The molecular weight excluding hydrogens is 311 g/mol. The largest absolute Gasteiger partial charge is 0.401 e. The van der Waals surface area contributed by atoms with E-state index in [4.69, 9.17) is 0 Å². The van der Waals surface area contributed by atoms with Crippen molar-refractivity contribution in [1.82, 2.24) is 9.88 Å². The number of anilines is 1. The van der Waals surface area contributed by atoms with Gasteiger partial charge in [0.05, 0.1) is 11.0 Å². The maximum atomic E-state index is 12.2. The summed E-state index contributed by atoms with van der Waals surface area (Å²) in [7, 11) is 0. The predicted molar refractivity (Wildman–Crippen MR) is 66.6 cm³/mol. The third kappa shape index (κ3) is 3.58. The molecule has 0 aliphatic carbocycles. The lowest BCUT2D eigenvalue weighted by atomic mass is 10.3. The Labute approximate surface area is 112 Å². The molecule has 0 radical (unpaired) electrons. The first-order valence-corrected chi connectivity index (χ1v) is 6.39. The van der Waals surface area contributed by atoms with Gasteiger partial charge in [0.15, 0.2) is 0 Å². The molecule has 18 heavy (non-hydrogen) atoms. The summed E-state index contributed by atoms with van der Waals surface area (Å²) in [5.74, 6) is 0.796. The van der Waals surface area contributed by atoms with Crippen LogP contribution in [-0.4, -0.2) is 48.8 Å². The standard InChI is InChI=1S/C11H13BrF3N3/c12-9-2-1-3-16-10(9)18-6-4-17(5-7-18)8-11(13,14)15/h1-3H,4-8H2. The number of hydrogen-bond acceptors (Lipinski definition) is 3. The first-order chi connectivity index (χ1) is 8.46. The molecule has 0 saturated carbocycles. The molecule has 100 valence electrons. The summed E-state index contributed by atoms with van der Waals surface area (Å²) in [5.41, 5.74) is 0. The minimum atomic E-state index is -4.12. The second-order valence-electron chi connectivity index (χ2n) is 4.19. The van der Waals surface area contributed by atoms with E-state index >= 15 is 0 Å². The first kappa shape index (κ1) is 13.6. The zero-order valence-corrected chi connectivity index (χ0v) is 11.2. The number of halogens is 4. The van der Waals surface area contributed by atoms with E-state index < -0.39 is 12.7 Å². The van der Waals surface area contributed by atoms with Crippen LogP contribution in [0.25, 0.3) is 0 Å². The summed E-state index contributed by atoms with van der Waals surface area (Å²) in [6.45, 7) is 1.10. The second-order valence-corrected chi connectivity index (χ2v) is 5.04. The normalized spacial score (nSPS) is 18.1. The highest BCUT2D eigenvalue weighted by molar-refractivity contribution is 9.10. The molecule has 0 aromatic carbocycles. The molecule has 0 unspecified atom stereocenters. The van der Waals surface area contributed by atoms with Crippen LogP contribution < -0.4 is 4.90 Å². The Hall–Kier alpha value is -0.820. The lowest BCUT2D eigenvalue weighted by Gasteiger charge is -2.35. The van der Waals surface area contributed by atoms with E-state index in [0.717, 1.165) is 10.3 Å². The van der Waals surface area contributed by atoms with Crippen LogP contribution in [0.15, 0.2) is 22.8 Å². The molecule has 1 aliphatic rings. The van der Waals surface area contributed by atoms with Crippen molar-refractivity contribution in [3.05, 3.63) is 22.8 Å². The smallest absolute Gasteiger partial charge is 0.353 e. The van der Waals surface area contributed by atoms with Crippen molar-refractivity contribution in [1.29, 1.82) is 0 Å². The van der Waals surface area contributed by atoms with Gasteiger partial charge in [-0.3, -0.25) is 4.90 Å². The number of hydrogen-bond donors (Lipinski definition) is 0. The van der Waals surface area contributed by atoms with Crippen molar-refractivity contribution in [2.45, 2.75) is 6.18 Å². The fourth-order valence-corrected chi connectivity index (χ4v) is 2.49. The van der Waals surface area contributed by atoms with Gasteiger partial charge in [0.2, 0.25) is 0 Å². The Bertz CT molecular complexity index is 403. The lowest BCUT2D eigenvalue weighted by molar-refractivity contribution is -0.146. The summed E-state index contributed by atoms with van der Waals surface area (Å²) in [6.07, 6.45) is -2.43. The van der Waals surface area contributed by atoms with Crippen LogP contribution in [0, 0.1) is 0 Å². The molecule has 1 saturated heterocycles. The molecule has 0 N–H and O–H groups in total. The number of nitrogens with zero attached hydrogens (tertiary/aromatic N) is 3. The van der Waals surface area contributed by atoms with Gasteiger partial charge in [-0.05, 0) is 28.1 Å². The highest BCUT2D eigenvalue weighted by atomic mass is 79.9. The summed E-state index contributed by atoms with van der Waals surface area (Å²) in [6, 6.07) is 3.69. The molecule has 1 fully saturated rings. The van der Waals surface area contributed by atoms with Gasteiger partial charge in [0.25, 0.3) is 0 Å². The molecule has 1 aliphatic heterocycles. The minimum absolute atomic E-state index is 0.405. The van der Waals surface area contributed by atoms with Crippen molar-refractivity contribution >= 4 is 21.7 Å². The van der Waals surface area contributed by atoms with Crippen LogP contribution in [-0.2, 0) is 0 Å². The molecular formula is C11H13BrF3N3. The highest BCUT2D eigenvalue weighted by Crippen LogP contribution is 2.24. The van der Waals surface area contributed by atoms with E-state index in [1.165, 1.54) is 4.90 Å². The molecule has 1 aromatic heterocycles. The average molecular weight is 324 g/mol. The quantitative estimate of drug-likeness (QED) is 0.833. The van der Waals surface area contributed by atoms with Gasteiger partial charge in [-0.2, -0.15) is 13.2 Å². The zero-order valence-electron chi connectivity index (χ0n) is 9.62. The van der Waals surface area contributed by atoms with E-state index in [9.17, 15) is 13.2 Å². The Kier molecular flexibility index (Phi) is 4.11. The van der Waals surface area contributed by atoms with Gasteiger partial charge in [-0.25, -0.2) is 4.98 Å². The van der Waals surface area contributed by atoms with E-state index in [0.29, 0.717) is 26.2 Å². The van der Waals surface area contributed by atoms with Crippen LogP contribution in [0.3, 0.4) is 0 Å². The van der Waals surface area contributed by atoms with Crippen LogP contribution in [0.5, 0.6) is 0 Å². The van der Waals surface area contributed by atoms with Crippen molar-refractivity contribution in [2.24, 2.45) is 0 Å². The second kappa shape index (κ2) is 5.44. The van der Waals surface area contributed by atoms with Gasteiger partial charge in [0, 0.05) is 32.4 Å². The topological polar surface area (TPSA) is 19.4 Å². The fraction of sp³-hybridized carbons (Fsp3) is 0.545. The van der Waals surface area contributed by atoms with Crippen molar-refractivity contribution in [3.63, 3.8) is 0 Å². The molecule has 0 spiro atoms. The predicted octanol–water partition coefficient (Wildman–Crippen LogP) is 2.53. The lowest BCUT2D eigenvalue weighted by Crippen LogP contribution is -2.49. The average Bonchev–Trinajstić information content (AvgIpc) is 2.29. The van der Waals surface area contributed by atoms with Crippen molar-refractivity contribution in [2.75, 3.05) is 37.6 Å². The monoisotopic (exact) mass is 323 g/mol. The van der Waals surface area contributed by atoms with Gasteiger partial charge in [-0.15, -0.1) is 0 Å². The van der Waals surface area contributed by atoms with E-state index in [1.807, 2.05) is 17.0 Å². The molecule has 2 rings (SSSR count). The number of rotatable bonds is 2. The summed E-state index contributed by atoms with van der Waals surface area (Å²) < 4.78 is 37.6. The summed E-state index contributed by atoms with van der Waals surface area (Å²) >= 11 is 3.40. The zero-order chi connectivity index (χ0) is 13.2. The molecule has 1 aromatic rings. The third-order valence-corrected chi connectivity index (χ3v) is 3.43. The number of alkyl halides is 3. The molecule has 0 amide bonds. The molecule has 0 bridgehead atoms. The van der Waals surface area contributed by atoms with E-state index in [1.54, 1.807) is 6.20 Å². The van der Waals surface area contributed by atoms with E-state index in [-0.39, 0.29) is 0 Å². The highest BCUT2D eigenvalue weighted by Gasteiger charge is 2.32. The maximum Gasteiger partial charge on any atom is 0.401 e. The summed E-state index contributed by atoms with van der Waals surface area (Å²) in [4.78, 5) is 7.66. The molecule has 0 atom stereocenters. The molecule has 3 nitrogen and oxygen atoms in total. The summed E-state index contributed by atoms with van der Waals surface area (Å²) in [5, 5.41) is 0. The van der Waals surface area contributed by atoms with Gasteiger partial charge >= 0.3 is 6.18 Å². The molecule has 2 heterocycles. The SMILES string of the molecule is FC(F)(F)CN1CCN(c2ncccc2Br)CC1. The minimum Gasteiger partial charge on any atom is -0.353 e. The molecule has 7 heteroatoms. The van der Waals surface area contributed by atoms with E-state index in [2.05, 4.69) is 20.9 Å². The van der Waals surface area contributed by atoms with Crippen molar-refractivity contribution < 1.29 is 13.2 Å². The van der Waals surface area contributed by atoms with Crippen LogP contribution in [0.1, 0.15) is 0 Å². The third-order valence-electron chi connectivity index (χ3n) is 2.81. The van der Waals surface area contributed by atoms with Crippen molar-refractivity contribution in [3.8, 4) is 0 Å². The van der Waals surface area contributed by atoms with Crippen LogP contribution in [0.2, 0.25) is 0 Å². The van der Waals surface area contributed by atoms with Gasteiger partial charge in [0.1, 0.15) is 5.82 Å². The Morgan fingerprint density at radius 1 is 1.22 bits per heavy atom. The van der Waals surface area contributed by atoms with Crippen LogP contribution >= 0.6 is 15.9 Å².